The molecular weight excluding hydrogens is 325 g/mol. The third kappa shape index (κ3) is 4.48. The van der Waals surface area contributed by atoms with Crippen LogP contribution in [0.3, 0.4) is 0 Å². The Hall–Kier alpha value is -2.04. The summed E-state index contributed by atoms with van der Waals surface area (Å²) in [7, 11) is 0. The molecule has 2 aromatic rings. The highest BCUT2D eigenvalue weighted by Gasteiger charge is 2.21. The summed E-state index contributed by atoms with van der Waals surface area (Å²) in [5.41, 5.74) is 1.04. The molecule has 4 nitrogen and oxygen atoms in total. The first kappa shape index (κ1) is 16.3. The van der Waals surface area contributed by atoms with E-state index >= 15 is 0 Å². The van der Waals surface area contributed by atoms with Crippen LogP contribution in [0.5, 0.6) is 0 Å². The molecule has 0 saturated heterocycles. The second-order valence-electron chi connectivity index (χ2n) is 4.71. The maximum atomic E-state index is 12.1. The van der Waals surface area contributed by atoms with Gasteiger partial charge in [-0.15, -0.1) is 0 Å². The topological polar surface area (TPSA) is 66.4 Å². The van der Waals surface area contributed by atoms with E-state index in [0.29, 0.717) is 15.6 Å². The lowest BCUT2D eigenvalue weighted by molar-refractivity contribution is -0.139. The fourth-order valence-electron chi connectivity index (χ4n) is 1.97. The van der Waals surface area contributed by atoms with Crippen LogP contribution < -0.4 is 5.32 Å². The molecule has 0 heterocycles. The number of amides is 1. The zero-order valence-electron chi connectivity index (χ0n) is 11.4. The van der Waals surface area contributed by atoms with Crippen LogP contribution in [-0.4, -0.2) is 23.0 Å². The van der Waals surface area contributed by atoms with E-state index in [1.165, 1.54) is 6.07 Å². The number of halogens is 2. The summed E-state index contributed by atoms with van der Waals surface area (Å²) in [5.74, 6) is -1.60. The van der Waals surface area contributed by atoms with Crippen LogP contribution in [0.4, 0.5) is 0 Å². The van der Waals surface area contributed by atoms with Gasteiger partial charge in [0.05, 0.1) is 0 Å². The Kier molecular flexibility index (Phi) is 5.41. The number of carbonyl (C=O) groups is 2. The van der Waals surface area contributed by atoms with Gasteiger partial charge >= 0.3 is 5.97 Å². The smallest absolute Gasteiger partial charge is 0.326 e. The summed E-state index contributed by atoms with van der Waals surface area (Å²) in [5, 5.41) is 12.7. The van der Waals surface area contributed by atoms with Gasteiger partial charge in [-0.1, -0.05) is 41.4 Å². The van der Waals surface area contributed by atoms with Gasteiger partial charge in [0.15, 0.2) is 0 Å². The monoisotopic (exact) mass is 337 g/mol. The van der Waals surface area contributed by atoms with Gasteiger partial charge in [-0.05, 0) is 35.9 Å². The first-order valence-electron chi connectivity index (χ1n) is 6.49. The number of carbonyl (C=O) groups excluding carboxylic acids is 1. The van der Waals surface area contributed by atoms with Crippen molar-refractivity contribution in [2.45, 2.75) is 12.5 Å². The minimum Gasteiger partial charge on any atom is -0.480 e. The van der Waals surface area contributed by atoms with Gasteiger partial charge in [-0.25, -0.2) is 4.79 Å². The first-order chi connectivity index (χ1) is 10.5. The molecule has 1 atom stereocenters. The van der Waals surface area contributed by atoms with E-state index in [1.54, 1.807) is 42.5 Å². The van der Waals surface area contributed by atoms with Crippen LogP contribution in [0.2, 0.25) is 10.0 Å². The molecule has 0 bridgehead atoms. The standard InChI is InChI=1S/C16H13Cl2NO3/c17-12-5-1-3-10(7-12)8-14(16(21)22)19-15(20)11-4-2-6-13(18)9-11/h1-7,9,14H,8H2,(H,19,20)(H,21,22)/t14-/m0/s1. The Morgan fingerprint density at radius 1 is 1.05 bits per heavy atom. The van der Waals surface area contributed by atoms with Crippen LogP contribution in [-0.2, 0) is 11.2 Å². The van der Waals surface area contributed by atoms with Crippen LogP contribution in [0.25, 0.3) is 0 Å². The van der Waals surface area contributed by atoms with Gasteiger partial charge in [0.2, 0.25) is 0 Å². The lowest BCUT2D eigenvalue weighted by Gasteiger charge is -2.15. The zero-order valence-corrected chi connectivity index (χ0v) is 12.9. The third-order valence-corrected chi connectivity index (χ3v) is 3.49. The molecule has 0 aliphatic carbocycles. The number of benzene rings is 2. The summed E-state index contributed by atoms with van der Waals surface area (Å²) in [6, 6.07) is 12.1. The maximum Gasteiger partial charge on any atom is 0.326 e. The molecule has 0 aliphatic heterocycles. The lowest BCUT2D eigenvalue weighted by atomic mass is 10.1. The Morgan fingerprint density at radius 2 is 1.68 bits per heavy atom. The summed E-state index contributed by atoms with van der Waals surface area (Å²) < 4.78 is 0. The van der Waals surface area contributed by atoms with E-state index in [2.05, 4.69) is 5.32 Å². The van der Waals surface area contributed by atoms with Gasteiger partial charge in [-0.2, -0.15) is 0 Å². The Bertz CT molecular complexity index is 703. The molecule has 6 heteroatoms. The Balaban J connectivity index is 2.12. The third-order valence-electron chi connectivity index (χ3n) is 3.02. The largest absolute Gasteiger partial charge is 0.480 e. The normalized spacial score (nSPS) is 11.7. The molecule has 0 fully saturated rings. The number of hydrogen-bond donors (Lipinski definition) is 2. The van der Waals surface area contributed by atoms with Crippen molar-refractivity contribution >= 4 is 35.1 Å². The molecule has 2 N–H and O–H groups in total. The Labute approximate surface area is 137 Å². The average molecular weight is 338 g/mol. The minimum absolute atomic E-state index is 0.141. The van der Waals surface area contributed by atoms with Gasteiger partial charge < -0.3 is 10.4 Å². The molecule has 114 valence electrons. The second-order valence-corrected chi connectivity index (χ2v) is 5.58. The summed E-state index contributed by atoms with van der Waals surface area (Å²) in [6.07, 6.45) is 0.141. The second kappa shape index (κ2) is 7.29. The number of hydrogen-bond acceptors (Lipinski definition) is 2. The highest BCUT2D eigenvalue weighted by Crippen LogP contribution is 2.14. The molecule has 0 saturated carbocycles. The quantitative estimate of drug-likeness (QED) is 0.878. The Morgan fingerprint density at radius 3 is 2.27 bits per heavy atom. The van der Waals surface area contributed by atoms with E-state index in [0.717, 1.165) is 5.56 Å². The number of nitrogens with one attached hydrogen (secondary N) is 1. The minimum atomic E-state index is -1.12. The fraction of sp³-hybridized carbons (Fsp3) is 0.125. The molecule has 0 unspecified atom stereocenters. The molecule has 1 amide bonds. The van der Waals surface area contributed by atoms with Crippen LogP contribution in [0.15, 0.2) is 48.5 Å². The van der Waals surface area contributed by atoms with Crippen molar-refractivity contribution in [3.63, 3.8) is 0 Å². The van der Waals surface area contributed by atoms with E-state index in [9.17, 15) is 14.7 Å². The summed E-state index contributed by atoms with van der Waals surface area (Å²) in [4.78, 5) is 23.5. The van der Waals surface area contributed by atoms with Crippen molar-refractivity contribution in [1.82, 2.24) is 5.32 Å². The van der Waals surface area contributed by atoms with E-state index in [-0.39, 0.29) is 6.42 Å². The fourth-order valence-corrected chi connectivity index (χ4v) is 2.37. The van der Waals surface area contributed by atoms with Crippen molar-refractivity contribution in [2.24, 2.45) is 0 Å². The van der Waals surface area contributed by atoms with Gasteiger partial charge in [0.25, 0.3) is 5.91 Å². The molecule has 0 aliphatic rings. The predicted molar refractivity (Wildman–Crippen MR) is 85.5 cm³/mol. The maximum absolute atomic E-state index is 12.1. The van der Waals surface area contributed by atoms with Gasteiger partial charge in [0, 0.05) is 22.0 Å². The van der Waals surface area contributed by atoms with Crippen molar-refractivity contribution < 1.29 is 14.7 Å². The van der Waals surface area contributed by atoms with Crippen LogP contribution in [0, 0.1) is 0 Å². The van der Waals surface area contributed by atoms with Gasteiger partial charge in [0.1, 0.15) is 6.04 Å². The molecule has 22 heavy (non-hydrogen) atoms. The predicted octanol–water partition coefficient (Wildman–Crippen LogP) is 3.42. The van der Waals surface area contributed by atoms with Crippen molar-refractivity contribution in [3.8, 4) is 0 Å². The number of carboxylic acid groups (broad SMARTS) is 1. The highest BCUT2D eigenvalue weighted by atomic mass is 35.5. The first-order valence-corrected chi connectivity index (χ1v) is 7.25. The highest BCUT2D eigenvalue weighted by molar-refractivity contribution is 6.31. The molecule has 2 rings (SSSR count). The summed E-state index contributed by atoms with van der Waals surface area (Å²) >= 11 is 11.7. The molecule has 0 spiro atoms. The molecule has 0 aromatic heterocycles. The zero-order chi connectivity index (χ0) is 16.1. The molecule has 0 radical (unpaired) electrons. The molecular formula is C16H13Cl2NO3. The number of aliphatic carboxylic acids is 1. The van der Waals surface area contributed by atoms with Crippen molar-refractivity contribution in [2.75, 3.05) is 0 Å². The van der Waals surface area contributed by atoms with Crippen LogP contribution in [0.1, 0.15) is 15.9 Å². The van der Waals surface area contributed by atoms with E-state index in [1.807, 2.05) is 0 Å². The van der Waals surface area contributed by atoms with Crippen molar-refractivity contribution in [1.29, 1.82) is 0 Å². The summed E-state index contributed by atoms with van der Waals surface area (Å²) in [6.45, 7) is 0. The van der Waals surface area contributed by atoms with Gasteiger partial charge in [-0.3, -0.25) is 4.79 Å². The SMILES string of the molecule is O=C(N[C@@H](Cc1cccc(Cl)c1)C(=O)O)c1cccc(Cl)c1. The average Bonchev–Trinajstić information content (AvgIpc) is 2.46. The molecule has 2 aromatic carbocycles. The van der Waals surface area contributed by atoms with E-state index < -0.39 is 17.9 Å². The van der Waals surface area contributed by atoms with E-state index in [4.69, 9.17) is 23.2 Å². The number of rotatable bonds is 5. The van der Waals surface area contributed by atoms with Crippen molar-refractivity contribution in [3.05, 3.63) is 69.7 Å². The number of carboxylic acids is 1. The van der Waals surface area contributed by atoms with Crippen LogP contribution >= 0.6 is 23.2 Å². The lowest BCUT2D eigenvalue weighted by Crippen LogP contribution is -2.42.